The fourth-order valence-electron chi connectivity index (χ4n) is 3.55. The lowest BCUT2D eigenvalue weighted by Gasteiger charge is -2.36. The Morgan fingerprint density at radius 2 is 1.74 bits per heavy atom. The average Bonchev–Trinajstić information content (AvgIpc) is 3.15. The fourth-order valence-corrected chi connectivity index (χ4v) is 3.55. The summed E-state index contributed by atoms with van der Waals surface area (Å²) in [6, 6.07) is 6.63. The Morgan fingerprint density at radius 3 is 2.59 bits per heavy atom. The predicted molar refractivity (Wildman–Crippen MR) is 99.4 cm³/mol. The van der Waals surface area contributed by atoms with Crippen LogP contribution < -0.4 is 9.80 Å². The summed E-state index contributed by atoms with van der Waals surface area (Å²) in [4.78, 5) is 21.7. The lowest BCUT2D eigenvalue weighted by molar-refractivity contribution is 0.627. The molecular formula is C18H17FN8. The highest BCUT2D eigenvalue weighted by Crippen LogP contribution is 2.26. The van der Waals surface area contributed by atoms with Crippen molar-refractivity contribution in [2.75, 3.05) is 36.0 Å². The standard InChI is InChI=1S/C18H17FN8/c1-12-8-16(27-18(24-12)22-11-23-27)25-4-6-26(7-5-25)17-14-9-13(19)2-3-15(14)20-10-21-17/h2-3,8-11H,4-7H2,1H3. The molecule has 0 spiro atoms. The van der Waals surface area contributed by atoms with Gasteiger partial charge in [-0.2, -0.15) is 14.6 Å². The van der Waals surface area contributed by atoms with E-state index in [0.29, 0.717) is 5.78 Å². The van der Waals surface area contributed by atoms with Crippen LogP contribution in [0.15, 0.2) is 36.9 Å². The third-order valence-electron chi connectivity index (χ3n) is 4.84. The van der Waals surface area contributed by atoms with Crippen molar-refractivity contribution in [3.8, 4) is 0 Å². The molecule has 0 amide bonds. The van der Waals surface area contributed by atoms with Crippen LogP contribution in [0.3, 0.4) is 0 Å². The quantitative estimate of drug-likeness (QED) is 0.537. The van der Waals surface area contributed by atoms with Gasteiger partial charge in [0.05, 0.1) is 5.52 Å². The van der Waals surface area contributed by atoms with E-state index in [4.69, 9.17) is 0 Å². The first-order chi connectivity index (χ1) is 13.2. The molecule has 27 heavy (non-hydrogen) atoms. The van der Waals surface area contributed by atoms with Gasteiger partial charge < -0.3 is 9.80 Å². The van der Waals surface area contributed by atoms with Gasteiger partial charge >= 0.3 is 0 Å². The third kappa shape index (κ3) is 2.71. The summed E-state index contributed by atoms with van der Waals surface area (Å²) < 4.78 is 15.5. The molecule has 1 aromatic carbocycles. The minimum absolute atomic E-state index is 0.280. The largest absolute Gasteiger partial charge is 0.353 e. The van der Waals surface area contributed by atoms with Gasteiger partial charge in [-0.1, -0.05) is 0 Å². The second kappa shape index (κ2) is 6.11. The monoisotopic (exact) mass is 364 g/mol. The molecule has 3 aromatic heterocycles. The molecule has 0 aliphatic carbocycles. The van der Waals surface area contributed by atoms with Gasteiger partial charge in [0.2, 0.25) is 0 Å². The van der Waals surface area contributed by atoms with Crippen molar-refractivity contribution in [3.63, 3.8) is 0 Å². The van der Waals surface area contributed by atoms with Crippen LogP contribution in [0.4, 0.5) is 16.0 Å². The van der Waals surface area contributed by atoms with Gasteiger partial charge in [-0.15, -0.1) is 0 Å². The van der Waals surface area contributed by atoms with Gasteiger partial charge in [0.15, 0.2) is 0 Å². The van der Waals surface area contributed by atoms with Crippen molar-refractivity contribution in [1.29, 1.82) is 0 Å². The first kappa shape index (κ1) is 15.9. The van der Waals surface area contributed by atoms with Crippen molar-refractivity contribution in [2.45, 2.75) is 6.92 Å². The lowest BCUT2D eigenvalue weighted by Crippen LogP contribution is -2.47. The molecule has 0 atom stereocenters. The molecule has 0 N–H and O–H groups in total. The van der Waals surface area contributed by atoms with Crippen molar-refractivity contribution < 1.29 is 4.39 Å². The van der Waals surface area contributed by atoms with E-state index in [0.717, 1.165) is 54.4 Å². The van der Waals surface area contributed by atoms with Gasteiger partial charge in [0.25, 0.3) is 5.78 Å². The molecule has 8 nitrogen and oxygen atoms in total. The second-order valence-electron chi connectivity index (χ2n) is 6.56. The topological polar surface area (TPSA) is 75.3 Å². The molecule has 1 aliphatic heterocycles. The number of nitrogens with zero attached hydrogens (tertiary/aromatic N) is 8. The van der Waals surface area contributed by atoms with E-state index in [1.54, 1.807) is 10.6 Å². The summed E-state index contributed by atoms with van der Waals surface area (Å²) in [5.41, 5.74) is 1.66. The minimum Gasteiger partial charge on any atom is -0.353 e. The number of aromatic nitrogens is 6. The molecule has 5 rings (SSSR count). The number of rotatable bonds is 2. The van der Waals surface area contributed by atoms with Crippen LogP contribution in [-0.4, -0.2) is 55.7 Å². The number of hydrogen-bond acceptors (Lipinski definition) is 7. The molecule has 0 unspecified atom stereocenters. The normalized spacial score (nSPS) is 15.0. The molecule has 9 heteroatoms. The number of halogens is 1. The number of anilines is 2. The van der Waals surface area contributed by atoms with E-state index in [1.807, 2.05) is 13.0 Å². The lowest BCUT2D eigenvalue weighted by atomic mass is 10.2. The van der Waals surface area contributed by atoms with Crippen LogP contribution >= 0.6 is 0 Å². The molecule has 0 saturated carbocycles. The molecule has 1 aliphatic rings. The van der Waals surface area contributed by atoms with Crippen LogP contribution in [0.5, 0.6) is 0 Å². The van der Waals surface area contributed by atoms with Crippen LogP contribution in [0.25, 0.3) is 16.7 Å². The molecule has 0 radical (unpaired) electrons. The second-order valence-corrected chi connectivity index (χ2v) is 6.56. The maximum atomic E-state index is 13.7. The van der Waals surface area contributed by atoms with E-state index >= 15 is 0 Å². The van der Waals surface area contributed by atoms with Crippen molar-refractivity contribution in [2.24, 2.45) is 0 Å². The van der Waals surface area contributed by atoms with Crippen LogP contribution in [0.2, 0.25) is 0 Å². The Balaban J connectivity index is 1.44. The number of piperazine rings is 1. The summed E-state index contributed by atoms with van der Waals surface area (Å²) in [6.07, 6.45) is 3.05. The number of hydrogen-bond donors (Lipinski definition) is 0. The predicted octanol–water partition coefficient (Wildman–Crippen LogP) is 1.84. The fraction of sp³-hybridized carbons (Fsp3) is 0.278. The molecule has 136 valence electrons. The first-order valence-corrected chi connectivity index (χ1v) is 8.76. The minimum atomic E-state index is -0.280. The SMILES string of the molecule is Cc1cc(N2CCN(c3ncnc4ccc(F)cc34)CC2)n2ncnc2n1. The Hall–Kier alpha value is -3.36. The Labute approximate surface area is 154 Å². The van der Waals surface area contributed by atoms with Gasteiger partial charge in [-0.25, -0.2) is 19.3 Å². The van der Waals surface area contributed by atoms with Gasteiger partial charge in [-0.3, -0.25) is 0 Å². The molecule has 1 fully saturated rings. The van der Waals surface area contributed by atoms with Crippen LogP contribution in [0, 0.1) is 12.7 Å². The van der Waals surface area contributed by atoms with E-state index in [1.165, 1.54) is 24.8 Å². The van der Waals surface area contributed by atoms with Crippen LogP contribution in [-0.2, 0) is 0 Å². The number of fused-ring (bicyclic) bond motifs is 2. The highest BCUT2D eigenvalue weighted by Gasteiger charge is 2.22. The maximum absolute atomic E-state index is 13.7. The Bertz CT molecular complexity index is 1130. The number of benzene rings is 1. The Morgan fingerprint density at radius 1 is 0.926 bits per heavy atom. The molecular weight excluding hydrogens is 347 g/mol. The smallest absolute Gasteiger partial charge is 0.254 e. The maximum Gasteiger partial charge on any atom is 0.254 e. The van der Waals surface area contributed by atoms with Crippen molar-refractivity contribution in [3.05, 3.63) is 48.4 Å². The van der Waals surface area contributed by atoms with E-state index in [2.05, 4.69) is 34.8 Å². The summed E-state index contributed by atoms with van der Waals surface area (Å²) in [7, 11) is 0. The zero-order valence-electron chi connectivity index (χ0n) is 14.7. The molecule has 1 saturated heterocycles. The zero-order chi connectivity index (χ0) is 18.4. The van der Waals surface area contributed by atoms with E-state index < -0.39 is 0 Å². The van der Waals surface area contributed by atoms with E-state index in [9.17, 15) is 4.39 Å². The molecule has 4 aromatic rings. The van der Waals surface area contributed by atoms with Crippen LogP contribution in [0.1, 0.15) is 5.69 Å². The summed E-state index contributed by atoms with van der Waals surface area (Å²) >= 11 is 0. The molecule has 4 heterocycles. The van der Waals surface area contributed by atoms with E-state index in [-0.39, 0.29) is 5.82 Å². The zero-order valence-corrected chi connectivity index (χ0v) is 14.7. The summed E-state index contributed by atoms with van der Waals surface area (Å²) in [5, 5.41) is 5.03. The molecule has 0 bridgehead atoms. The summed E-state index contributed by atoms with van der Waals surface area (Å²) in [5.74, 6) is 2.08. The third-order valence-corrected chi connectivity index (χ3v) is 4.84. The van der Waals surface area contributed by atoms with Crippen molar-refractivity contribution >= 4 is 28.3 Å². The van der Waals surface area contributed by atoms with Gasteiger partial charge in [0, 0.05) is 43.3 Å². The number of aryl methyl sites for hydroxylation is 1. The Kier molecular flexibility index (Phi) is 3.59. The van der Waals surface area contributed by atoms with Gasteiger partial charge in [0.1, 0.15) is 30.1 Å². The first-order valence-electron chi connectivity index (χ1n) is 8.76. The van der Waals surface area contributed by atoms with Gasteiger partial charge in [-0.05, 0) is 25.1 Å². The highest BCUT2D eigenvalue weighted by atomic mass is 19.1. The average molecular weight is 364 g/mol. The highest BCUT2D eigenvalue weighted by molar-refractivity contribution is 5.89. The van der Waals surface area contributed by atoms with Crippen molar-refractivity contribution in [1.82, 2.24) is 29.5 Å². The summed E-state index contributed by atoms with van der Waals surface area (Å²) in [6.45, 7) is 5.06.